The van der Waals surface area contributed by atoms with Crippen molar-refractivity contribution in [3.8, 4) is 5.75 Å². The van der Waals surface area contributed by atoms with Crippen molar-refractivity contribution in [2.24, 2.45) is 5.92 Å². The molecule has 0 bridgehead atoms. The van der Waals surface area contributed by atoms with Crippen LogP contribution in [0.5, 0.6) is 5.75 Å². The molecule has 8 heteroatoms. The number of hydrogen-bond acceptors (Lipinski definition) is 7. The van der Waals surface area contributed by atoms with Gasteiger partial charge in [0.25, 0.3) is 5.09 Å². The number of carbonyl (C=O) groups excluding carboxylic acids is 1. The van der Waals surface area contributed by atoms with E-state index >= 15 is 0 Å². The summed E-state index contributed by atoms with van der Waals surface area (Å²) in [6, 6.07) is 6.50. The summed E-state index contributed by atoms with van der Waals surface area (Å²) in [6.45, 7) is 1.95. The van der Waals surface area contributed by atoms with Gasteiger partial charge in [0.2, 0.25) is 0 Å². The lowest BCUT2D eigenvalue weighted by atomic mass is 9.94. The fourth-order valence-corrected chi connectivity index (χ4v) is 2.65. The molecule has 0 amide bonds. The average molecular weight is 350 g/mol. The molecular weight excluding hydrogens is 328 g/mol. The van der Waals surface area contributed by atoms with E-state index in [2.05, 4.69) is 4.84 Å². The van der Waals surface area contributed by atoms with Crippen molar-refractivity contribution in [2.45, 2.75) is 19.3 Å². The lowest BCUT2D eigenvalue weighted by molar-refractivity contribution is -0.758. The van der Waals surface area contributed by atoms with Gasteiger partial charge in [-0.3, -0.25) is 4.90 Å². The van der Waals surface area contributed by atoms with Crippen LogP contribution in [0.3, 0.4) is 0 Å². The normalized spacial score (nSPS) is 16.0. The number of carbonyl (C=O) groups is 1. The molecule has 1 aromatic rings. The first kappa shape index (κ1) is 18.7. The first-order chi connectivity index (χ1) is 12.0. The maximum atomic E-state index is 11.7. The molecular formula is C17H22N2O6. The number of benzene rings is 1. The van der Waals surface area contributed by atoms with E-state index in [9.17, 15) is 20.0 Å². The number of piperidine rings is 1. The second kappa shape index (κ2) is 9.63. The Balaban J connectivity index is 1.62. The minimum atomic E-state index is -0.764. The molecule has 0 aliphatic carbocycles. The zero-order valence-electron chi connectivity index (χ0n) is 13.9. The Morgan fingerprint density at radius 3 is 2.64 bits per heavy atom. The Bertz CT molecular complexity index is 594. The van der Waals surface area contributed by atoms with E-state index in [1.165, 1.54) is 6.08 Å². The van der Waals surface area contributed by atoms with Crippen LogP contribution in [0.15, 0.2) is 30.3 Å². The van der Waals surface area contributed by atoms with Crippen LogP contribution in [-0.4, -0.2) is 47.5 Å². The van der Waals surface area contributed by atoms with Crippen LogP contribution < -0.4 is 0 Å². The van der Waals surface area contributed by atoms with E-state index in [1.807, 2.05) is 4.90 Å². The van der Waals surface area contributed by atoms with Gasteiger partial charge in [0.1, 0.15) is 12.5 Å². The molecule has 1 saturated heterocycles. The minimum absolute atomic E-state index is 0.134. The minimum Gasteiger partial charge on any atom is -0.508 e. The summed E-state index contributed by atoms with van der Waals surface area (Å²) >= 11 is 0. The van der Waals surface area contributed by atoms with Gasteiger partial charge in [-0.15, -0.1) is 10.1 Å². The lowest BCUT2D eigenvalue weighted by Gasteiger charge is -2.31. The molecule has 1 aromatic carbocycles. The Morgan fingerprint density at radius 1 is 1.32 bits per heavy atom. The monoisotopic (exact) mass is 350 g/mol. The van der Waals surface area contributed by atoms with E-state index < -0.39 is 11.1 Å². The fourth-order valence-electron chi connectivity index (χ4n) is 2.65. The molecule has 1 aliphatic rings. The highest BCUT2D eigenvalue weighted by molar-refractivity contribution is 5.87. The average Bonchev–Trinajstić information content (AvgIpc) is 2.60. The summed E-state index contributed by atoms with van der Waals surface area (Å²) in [5.74, 6) is 0.156. The Kier molecular flexibility index (Phi) is 7.21. The van der Waals surface area contributed by atoms with Gasteiger partial charge in [0, 0.05) is 19.2 Å². The number of hydrogen-bond donors (Lipinski definition) is 1. The predicted molar refractivity (Wildman–Crippen MR) is 90.0 cm³/mol. The maximum Gasteiger partial charge on any atom is 0.332 e. The van der Waals surface area contributed by atoms with E-state index in [0.717, 1.165) is 31.5 Å². The number of ether oxygens (including phenoxy) is 1. The van der Waals surface area contributed by atoms with Crippen molar-refractivity contribution in [3.05, 3.63) is 46.0 Å². The number of esters is 1. The SMILES string of the molecule is O=C(C=Cc1ccc(O)cc1)OCN1CCC(CCO[N+](=O)[O-])CC1. The van der Waals surface area contributed by atoms with Gasteiger partial charge >= 0.3 is 5.97 Å². The highest BCUT2D eigenvalue weighted by Crippen LogP contribution is 2.20. The molecule has 0 unspecified atom stereocenters. The molecule has 1 heterocycles. The van der Waals surface area contributed by atoms with Gasteiger partial charge in [-0.2, -0.15) is 0 Å². The summed E-state index contributed by atoms with van der Waals surface area (Å²) in [4.78, 5) is 28.2. The Hall–Kier alpha value is -2.61. The molecule has 136 valence electrons. The Morgan fingerprint density at radius 2 is 2.00 bits per heavy atom. The number of nitrogens with zero attached hydrogens (tertiary/aromatic N) is 2. The molecule has 0 saturated carbocycles. The van der Waals surface area contributed by atoms with Crippen LogP contribution in [0.25, 0.3) is 6.08 Å². The van der Waals surface area contributed by atoms with Gasteiger partial charge in [-0.25, -0.2) is 4.79 Å². The van der Waals surface area contributed by atoms with Crippen LogP contribution in [0, 0.1) is 16.0 Å². The van der Waals surface area contributed by atoms with Crippen molar-refractivity contribution < 1.29 is 24.6 Å². The highest BCUT2D eigenvalue weighted by Gasteiger charge is 2.19. The second-order valence-electron chi connectivity index (χ2n) is 5.92. The zero-order valence-corrected chi connectivity index (χ0v) is 13.9. The largest absolute Gasteiger partial charge is 0.508 e. The molecule has 0 atom stereocenters. The summed E-state index contributed by atoms with van der Waals surface area (Å²) < 4.78 is 5.21. The highest BCUT2D eigenvalue weighted by atomic mass is 16.9. The molecule has 1 N–H and O–H groups in total. The molecule has 2 rings (SSSR count). The van der Waals surface area contributed by atoms with E-state index in [-0.39, 0.29) is 19.1 Å². The summed E-state index contributed by atoms with van der Waals surface area (Å²) in [5, 5.41) is 18.5. The molecule has 25 heavy (non-hydrogen) atoms. The molecule has 0 radical (unpaired) electrons. The zero-order chi connectivity index (χ0) is 18.1. The number of phenols is 1. The van der Waals surface area contributed by atoms with Crippen LogP contribution in [0.4, 0.5) is 0 Å². The van der Waals surface area contributed by atoms with Crippen LogP contribution in [0.2, 0.25) is 0 Å². The first-order valence-electron chi connectivity index (χ1n) is 8.16. The smallest absolute Gasteiger partial charge is 0.332 e. The van der Waals surface area contributed by atoms with Crippen LogP contribution in [0.1, 0.15) is 24.8 Å². The van der Waals surface area contributed by atoms with Crippen LogP contribution in [-0.2, 0) is 14.4 Å². The second-order valence-corrected chi connectivity index (χ2v) is 5.92. The third-order valence-electron chi connectivity index (χ3n) is 4.12. The van der Waals surface area contributed by atoms with E-state index in [0.29, 0.717) is 12.3 Å². The summed E-state index contributed by atoms with van der Waals surface area (Å²) in [6.07, 6.45) is 5.46. The van der Waals surface area contributed by atoms with E-state index in [4.69, 9.17) is 4.74 Å². The van der Waals surface area contributed by atoms with Crippen molar-refractivity contribution in [2.75, 3.05) is 26.4 Å². The van der Waals surface area contributed by atoms with Crippen molar-refractivity contribution >= 4 is 12.0 Å². The number of likely N-dealkylation sites (tertiary alicyclic amines) is 1. The topological polar surface area (TPSA) is 102 Å². The lowest BCUT2D eigenvalue weighted by Crippen LogP contribution is -2.36. The number of aromatic hydroxyl groups is 1. The third-order valence-corrected chi connectivity index (χ3v) is 4.12. The van der Waals surface area contributed by atoms with Gasteiger partial charge in [-0.05, 0) is 49.0 Å². The number of phenolic OH excluding ortho intramolecular Hbond substituents is 1. The third kappa shape index (κ3) is 7.21. The molecule has 0 aromatic heterocycles. The van der Waals surface area contributed by atoms with Crippen molar-refractivity contribution in [3.63, 3.8) is 0 Å². The summed E-state index contributed by atoms with van der Waals surface area (Å²) in [7, 11) is 0. The van der Waals surface area contributed by atoms with Gasteiger partial charge in [0.05, 0.1) is 6.61 Å². The summed E-state index contributed by atoms with van der Waals surface area (Å²) in [5.41, 5.74) is 0.799. The number of rotatable bonds is 8. The predicted octanol–water partition coefficient (Wildman–Crippen LogP) is 2.22. The van der Waals surface area contributed by atoms with Crippen LogP contribution >= 0.6 is 0 Å². The molecule has 0 spiro atoms. The fraction of sp³-hybridized carbons (Fsp3) is 0.471. The van der Waals surface area contributed by atoms with Crippen molar-refractivity contribution in [1.82, 2.24) is 4.90 Å². The standard InChI is InChI=1S/C17H22N2O6/c20-16-4-1-14(2-5-16)3-6-17(21)24-13-18-10-7-15(8-11-18)9-12-25-19(22)23/h1-6,15,20H,7-13H2. The van der Waals surface area contributed by atoms with Gasteiger partial charge in [-0.1, -0.05) is 12.1 Å². The molecule has 1 aliphatic heterocycles. The quantitative estimate of drug-likeness (QED) is 0.332. The van der Waals surface area contributed by atoms with E-state index in [1.54, 1.807) is 30.3 Å². The van der Waals surface area contributed by atoms with Gasteiger partial charge < -0.3 is 14.7 Å². The maximum absolute atomic E-state index is 11.7. The first-order valence-corrected chi connectivity index (χ1v) is 8.16. The van der Waals surface area contributed by atoms with Crippen molar-refractivity contribution in [1.29, 1.82) is 0 Å². The van der Waals surface area contributed by atoms with Gasteiger partial charge in [0.15, 0.2) is 0 Å². The molecule has 8 nitrogen and oxygen atoms in total. The molecule has 1 fully saturated rings. The Labute approximate surface area is 145 Å².